The van der Waals surface area contributed by atoms with Crippen molar-refractivity contribution in [3.63, 3.8) is 0 Å². The van der Waals surface area contributed by atoms with Crippen molar-refractivity contribution in [2.75, 3.05) is 6.54 Å². The first-order valence-corrected chi connectivity index (χ1v) is 5.61. The summed E-state index contributed by atoms with van der Waals surface area (Å²) in [4.78, 5) is 0. The maximum atomic E-state index is 13.1. The minimum absolute atomic E-state index is 0.0940. The Bertz CT molecular complexity index is 509. The third-order valence-corrected chi connectivity index (χ3v) is 2.77. The number of rotatable bonds is 3. The molecule has 1 heterocycles. The van der Waals surface area contributed by atoms with Crippen LogP contribution in [0.5, 0.6) is 0 Å². The molecule has 16 heavy (non-hydrogen) atoms. The minimum atomic E-state index is -0.346. The first-order chi connectivity index (χ1) is 7.61. The molecule has 0 saturated carbocycles. The Hall–Kier alpha value is -1.06. The van der Waals surface area contributed by atoms with Gasteiger partial charge in [0.25, 0.3) is 0 Å². The van der Waals surface area contributed by atoms with Crippen LogP contribution in [0.15, 0.2) is 22.6 Å². The first kappa shape index (κ1) is 11.4. The Balaban J connectivity index is 2.47. The molecule has 1 unspecified atom stereocenters. The molecule has 0 amide bonds. The Morgan fingerprint density at radius 2 is 2.19 bits per heavy atom. The predicted octanol–water partition coefficient (Wildman–Crippen LogP) is 3.90. The van der Waals surface area contributed by atoms with Crippen LogP contribution in [0.4, 0.5) is 4.39 Å². The molecule has 0 saturated heterocycles. The number of furan rings is 1. The Morgan fingerprint density at radius 3 is 2.88 bits per heavy atom. The van der Waals surface area contributed by atoms with E-state index in [-0.39, 0.29) is 11.9 Å². The van der Waals surface area contributed by atoms with Crippen LogP contribution in [0.25, 0.3) is 11.0 Å². The quantitative estimate of drug-likeness (QED) is 0.882. The van der Waals surface area contributed by atoms with Crippen LogP contribution >= 0.6 is 11.6 Å². The van der Waals surface area contributed by atoms with Gasteiger partial charge >= 0.3 is 0 Å². The summed E-state index contributed by atoms with van der Waals surface area (Å²) in [6, 6.07) is 4.59. The molecule has 1 atom stereocenters. The van der Waals surface area contributed by atoms with Gasteiger partial charge in [-0.25, -0.2) is 4.39 Å². The highest BCUT2D eigenvalue weighted by Crippen LogP contribution is 2.30. The summed E-state index contributed by atoms with van der Waals surface area (Å²) in [7, 11) is 0. The number of benzene rings is 1. The predicted molar refractivity (Wildman–Crippen MR) is 63.3 cm³/mol. The molecule has 0 aliphatic rings. The van der Waals surface area contributed by atoms with E-state index in [1.165, 1.54) is 12.1 Å². The van der Waals surface area contributed by atoms with Crippen molar-refractivity contribution in [1.29, 1.82) is 0 Å². The van der Waals surface area contributed by atoms with E-state index in [4.69, 9.17) is 16.0 Å². The van der Waals surface area contributed by atoms with Crippen LogP contribution in [0.2, 0.25) is 5.02 Å². The van der Waals surface area contributed by atoms with Gasteiger partial charge in [-0.3, -0.25) is 0 Å². The van der Waals surface area contributed by atoms with E-state index >= 15 is 0 Å². The molecule has 2 rings (SSSR count). The van der Waals surface area contributed by atoms with Crippen LogP contribution < -0.4 is 5.32 Å². The van der Waals surface area contributed by atoms with Crippen molar-refractivity contribution in [3.05, 3.63) is 34.8 Å². The Labute approximate surface area is 98.4 Å². The molecule has 0 aliphatic carbocycles. The molecule has 0 fully saturated rings. The van der Waals surface area contributed by atoms with Gasteiger partial charge in [-0.15, -0.1) is 0 Å². The van der Waals surface area contributed by atoms with Gasteiger partial charge in [-0.1, -0.05) is 18.5 Å². The van der Waals surface area contributed by atoms with E-state index in [0.717, 1.165) is 12.3 Å². The van der Waals surface area contributed by atoms with Gasteiger partial charge in [0.1, 0.15) is 11.6 Å². The van der Waals surface area contributed by atoms with E-state index in [2.05, 4.69) is 5.32 Å². The monoisotopic (exact) mass is 241 g/mol. The zero-order valence-electron chi connectivity index (χ0n) is 9.18. The maximum absolute atomic E-state index is 13.1. The summed E-state index contributed by atoms with van der Waals surface area (Å²) >= 11 is 5.90. The van der Waals surface area contributed by atoms with E-state index in [1.807, 2.05) is 19.9 Å². The molecule has 1 aromatic carbocycles. The second-order valence-corrected chi connectivity index (χ2v) is 4.14. The summed E-state index contributed by atoms with van der Waals surface area (Å²) < 4.78 is 18.7. The first-order valence-electron chi connectivity index (χ1n) is 5.23. The standard InChI is InChI=1S/C12H13ClFNO/c1-3-15-7(2)11-5-8-4-9(14)6-10(13)12(8)16-11/h4-7,15H,3H2,1-2H3. The molecular formula is C12H13ClFNO. The molecule has 0 radical (unpaired) electrons. The third kappa shape index (κ3) is 2.06. The molecular weight excluding hydrogens is 229 g/mol. The number of halogens is 2. The summed E-state index contributed by atoms with van der Waals surface area (Å²) in [5.41, 5.74) is 0.544. The summed E-state index contributed by atoms with van der Waals surface area (Å²) in [6.45, 7) is 4.86. The smallest absolute Gasteiger partial charge is 0.153 e. The van der Waals surface area contributed by atoms with Gasteiger partial charge in [-0.05, 0) is 31.7 Å². The zero-order valence-corrected chi connectivity index (χ0v) is 9.94. The average Bonchev–Trinajstić information content (AvgIpc) is 2.62. The van der Waals surface area contributed by atoms with Gasteiger partial charge in [0, 0.05) is 5.39 Å². The lowest BCUT2D eigenvalue weighted by Crippen LogP contribution is -2.16. The second-order valence-electron chi connectivity index (χ2n) is 3.73. The fourth-order valence-electron chi connectivity index (χ4n) is 1.72. The van der Waals surface area contributed by atoms with Gasteiger partial charge in [0.15, 0.2) is 5.58 Å². The van der Waals surface area contributed by atoms with Crippen LogP contribution in [-0.2, 0) is 0 Å². The largest absolute Gasteiger partial charge is 0.458 e. The van der Waals surface area contributed by atoms with E-state index < -0.39 is 0 Å². The Morgan fingerprint density at radius 1 is 1.44 bits per heavy atom. The van der Waals surface area contributed by atoms with Gasteiger partial charge in [0.05, 0.1) is 11.1 Å². The van der Waals surface area contributed by atoms with Crippen molar-refractivity contribution in [2.45, 2.75) is 19.9 Å². The van der Waals surface area contributed by atoms with Crippen molar-refractivity contribution >= 4 is 22.6 Å². The molecule has 86 valence electrons. The van der Waals surface area contributed by atoms with Crippen molar-refractivity contribution < 1.29 is 8.81 Å². The van der Waals surface area contributed by atoms with Crippen molar-refractivity contribution in [1.82, 2.24) is 5.32 Å². The lowest BCUT2D eigenvalue weighted by Gasteiger charge is -2.07. The fraction of sp³-hybridized carbons (Fsp3) is 0.333. The number of hydrogen-bond donors (Lipinski definition) is 1. The van der Waals surface area contributed by atoms with Crippen LogP contribution in [0, 0.1) is 5.82 Å². The molecule has 0 spiro atoms. The fourth-order valence-corrected chi connectivity index (χ4v) is 1.97. The summed E-state index contributed by atoms with van der Waals surface area (Å²) in [5.74, 6) is 0.422. The molecule has 4 heteroatoms. The lowest BCUT2D eigenvalue weighted by atomic mass is 10.2. The highest BCUT2D eigenvalue weighted by Gasteiger charge is 2.13. The van der Waals surface area contributed by atoms with E-state index in [1.54, 1.807) is 0 Å². The third-order valence-electron chi connectivity index (χ3n) is 2.49. The average molecular weight is 242 g/mol. The molecule has 1 aromatic heterocycles. The minimum Gasteiger partial charge on any atom is -0.458 e. The highest BCUT2D eigenvalue weighted by molar-refractivity contribution is 6.34. The zero-order chi connectivity index (χ0) is 11.7. The van der Waals surface area contributed by atoms with Crippen molar-refractivity contribution in [2.24, 2.45) is 0 Å². The maximum Gasteiger partial charge on any atom is 0.153 e. The highest BCUT2D eigenvalue weighted by atomic mass is 35.5. The molecule has 0 bridgehead atoms. The summed E-state index contributed by atoms with van der Waals surface area (Å²) in [5, 5.41) is 4.24. The number of nitrogens with one attached hydrogen (secondary N) is 1. The van der Waals surface area contributed by atoms with Gasteiger partial charge in [-0.2, -0.15) is 0 Å². The molecule has 2 aromatic rings. The van der Waals surface area contributed by atoms with Gasteiger partial charge in [0.2, 0.25) is 0 Å². The molecule has 1 N–H and O–H groups in total. The number of fused-ring (bicyclic) bond motifs is 1. The van der Waals surface area contributed by atoms with E-state index in [0.29, 0.717) is 16.0 Å². The van der Waals surface area contributed by atoms with Crippen molar-refractivity contribution in [3.8, 4) is 0 Å². The summed E-state index contributed by atoms with van der Waals surface area (Å²) in [6.07, 6.45) is 0. The Kier molecular flexibility index (Phi) is 3.17. The number of hydrogen-bond acceptors (Lipinski definition) is 2. The van der Waals surface area contributed by atoms with Gasteiger partial charge < -0.3 is 9.73 Å². The van der Waals surface area contributed by atoms with E-state index in [9.17, 15) is 4.39 Å². The lowest BCUT2D eigenvalue weighted by molar-refractivity contribution is 0.459. The van der Waals surface area contributed by atoms with Crippen LogP contribution in [-0.4, -0.2) is 6.54 Å². The SMILES string of the molecule is CCNC(C)c1cc2cc(F)cc(Cl)c2o1. The topological polar surface area (TPSA) is 25.2 Å². The second kappa shape index (κ2) is 4.44. The molecule has 2 nitrogen and oxygen atoms in total. The van der Waals surface area contributed by atoms with Crippen LogP contribution in [0.3, 0.4) is 0 Å². The normalized spacial score (nSPS) is 13.2. The van der Waals surface area contributed by atoms with Crippen LogP contribution in [0.1, 0.15) is 25.6 Å². The molecule has 0 aliphatic heterocycles.